The predicted octanol–water partition coefficient (Wildman–Crippen LogP) is 2.02. The Bertz CT molecular complexity index is 266. The molecule has 0 N–H and O–H groups in total. The summed E-state index contributed by atoms with van der Waals surface area (Å²) in [5.74, 6) is 2.47. The van der Waals surface area contributed by atoms with Gasteiger partial charge in [-0.2, -0.15) is 0 Å². The maximum Gasteiger partial charge on any atom is 0.0641 e. The summed E-state index contributed by atoms with van der Waals surface area (Å²) in [7, 11) is 0. The Morgan fingerprint density at radius 2 is 2.40 bits per heavy atom. The van der Waals surface area contributed by atoms with Gasteiger partial charge < -0.3 is 0 Å². The van der Waals surface area contributed by atoms with Crippen LogP contribution in [0.2, 0.25) is 5.02 Å². The Morgan fingerprint density at radius 3 is 2.80 bits per heavy atom. The van der Waals surface area contributed by atoms with Gasteiger partial charge in [-0.05, 0) is 13.0 Å². The van der Waals surface area contributed by atoms with Gasteiger partial charge in [-0.15, -0.1) is 6.42 Å². The number of hydrogen-bond acceptors (Lipinski definition) is 1. The summed E-state index contributed by atoms with van der Waals surface area (Å²) >= 11 is 5.75. The number of terminal acetylenes is 1. The fraction of sp³-hybridized carbons (Fsp3) is 0.125. The largest absolute Gasteiger partial charge is 0.260 e. The Balaban J connectivity index is 3.34. The minimum absolute atomic E-state index is 0.593. The number of nitrogens with zero attached hydrogens (tertiary/aromatic N) is 1. The summed E-state index contributed by atoms with van der Waals surface area (Å²) in [6.45, 7) is 1.83. The van der Waals surface area contributed by atoms with Crippen molar-refractivity contribution in [1.82, 2.24) is 4.98 Å². The van der Waals surface area contributed by atoms with Crippen molar-refractivity contribution in [3.8, 4) is 12.3 Å². The van der Waals surface area contributed by atoms with Gasteiger partial charge in [0.15, 0.2) is 0 Å². The van der Waals surface area contributed by atoms with E-state index in [4.69, 9.17) is 18.0 Å². The average Bonchev–Trinajstić information content (AvgIpc) is 1.88. The fourth-order valence-corrected chi connectivity index (χ4v) is 0.956. The summed E-state index contributed by atoms with van der Waals surface area (Å²) in [5, 5.41) is 0.593. The molecule has 0 bridgehead atoms. The van der Waals surface area contributed by atoms with Gasteiger partial charge in [0.1, 0.15) is 0 Å². The molecule has 0 aromatic carbocycles. The lowest BCUT2D eigenvalue weighted by Gasteiger charge is -1.97. The van der Waals surface area contributed by atoms with Crippen molar-refractivity contribution >= 4 is 11.6 Å². The summed E-state index contributed by atoms with van der Waals surface area (Å²) in [5.41, 5.74) is 1.49. The first-order chi connectivity index (χ1) is 4.75. The zero-order valence-electron chi connectivity index (χ0n) is 5.56. The molecule has 0 radical (unpaired) electrons. The fourth-order valence-electron chi connectivity index (χ4n) is 0.709. The highest BCUT2D eigenvalue weighted by atomic mass is 35.5. The van der Waals surface area contributed by atoms with Gasteiger partial charge in [0, 0.05) is 6.20 Å². The Morgan fingerprint density at radius 1 is 1.70 bits per heavy atom. The van der Waals surface area contributed by atoms with Crippen molar-refractivity contribution in [2.75, 3.05) is 0 Å². The van der Waals surface area contributed by atoms with E-state index >= 15 is 0 Å². The minimum Gasteiger partial charge on any atom is -0.260 e. The van der Waals surface area contributed by atoms with Crippen molar-refractivity contribution in [3.05, 3.63) is 28.5 Å². The van der Waals surface area contributed by atoms with Crippen molar-refractivity contribution < 1.29 is 0 Å². The molecule has 0 fully saturated rings. The number of aryl methyl sites for hydroxylation is 1. The molecule has 0 atom stereocenters. The van der Waals surface area contributed by atoms with Crippen LogP contribution in [0.25, 0.3) is 0 Å². The van der Waals surface area contributed by atoms with Crippen molar-refractivity contribution in [1.29, 1.82) is 0 Å². The quantitative estimate of drug-likeness (QED) is 0.517. The van der Waals surface area contributed by atoms with Gasteiger partial charge in [-0.3, -0.25) is 4.98 Å². The molecule has 0 amide bonds. The number of aromatic nitrogens is 1. The van der Waals surface area contributed by atoms with Gasteiger partial charge in [-0.25, -0.2) is 0 Å². The third-order valence-corrected chi connectivity index (χ3v) is 1.55. The zero-order valence-corrected chi connectivity index (χ0v) is 6.31. The van der Waals surface area contributed by atoms with E-state index in [2.05, 4.69) is 10.9 Å². The van der Waals surface area contributed by atoms with E-state index in [1.165, 1.54) is 0 Å². The normalized spacial score (nSPS) is 8.90. The van der Waals surface area contributed by atoms with Crippen LogP contribution in [0.5, 0.6) is 0 Å². The van der Waals surface area contributed by atoms with E-state index in [1.54, 1.807) is 12.3 Å². The van der Waals surface area contributed by atoms with E-state index < -0.39 is 0 Å². The predicted molar refractivity (Wildman–Crippen MR) is 41.9 cm³/mol. The highest BCUT2D eigenvalue weighted by Gasteiger charge is 1.98. The average molecular weight is 152 g/mol. The molecule has 0 aliphatic carbocycles. The van der Waals surface area contributed by atoms with Crippen LogP contribution >= 0.6 is 11.6 Å². The van der Waals surface area contributed by atoms with Crippen LogP contribution in [0.4, 0.5) is 0 Å². The second-order valence-corrected chi connectivity index (χ2v) is 2.30. The molecule has 2 heteroatoms. The van der Waals surface area contributed by atoms with Crippen LogP contribution < -0.4 is 0 Å². The maximum atomic E-state index is 5.75. The molecule has 0 unspecified atom stereocenters. The second kappa shape index (κ2) is 2.72. The SMILES string of the molecule is C#Cc1c(Cl)ccnc1C. The first-order valence-corrected chi connectivity index (χ1v) is 3.21. The summed E-state index contributed by atoms with van der Waals surface area (Å²) in [6, 6.07) is 1.68. The molecule has 1 nitrogen and oxygen atoms in total. The van der Waals surface area contributed by atoms with Gasteiger partial charge in [0.2, 0.25) is 0 Å². The Hall–Kier alpha value is -1.00. The highest BCUT2D eigenvalue weighted by Crippen LogP contribution is 2.15. The molecule has 10 heavy (non-hydrogen) atoms. The molecule has 0 aliphatic heterocycles. The minimum atomic E-state index is 0.593. The number of rotatable bonds is 0. The first-order valence-electron chi connectivity index (χ1n) is 2.83. The van der Waals surface area contributed by atoms with Crippen molar-refractivity contribution in [2.24, 2.45) is 0 Å². The van der Waals surface area contributed by atoms with Gasteiger partial charge >= 0.3 is 0 Å². The highest BCUT2D eigenvalue weighted by molar-refractivity contribution is 6.31. The summed E-state index contributed by atoms with van der Waals surface area (Å²) in [4.78, 5) is 3.98. The standard InChI is InChI=1S/C8H6ClN/c1-3-7-6(2)10-5-4-8(7)9/h1,4-5H,2H3. The van der Waals surface area contributed by atoms with Crippen molar-refractivity contribution in [3.63, 3.8) is 0 Å². The monoisotopic (exact) mass is 151 g/mol. The molecule has 1 aromatic rings. The van der Waals surface area contributed by atoms with Gasteiger partial charge in [0.05, 0.1) is 16.3 Å². The lowest BCUT2D eigenvalue weighted by Crippen LogP contribution is -1.86. The lowest BCUT2D eigenvalue weighted by atomic mass is 10.2. The lowest BCUT2D eigenvalue weighted by molar-refractivity contribution is 1.19. The van der Waals surface area contributed by atoms with Crippen LogP contribution in [0.1, 0.15) is 11.3 Å². The van der Waals surface area contributed by atoms with Gasteiger partial charge in [-0.1, -0.05) is 17.5 Å². The van der Waals surface area contributed by atoms with E-state index in [0.717, 1.165) is 5.69 Å². The molecule has 1 aromatic heterocycles. The van der Waals surface area contributed by atoms with E-state index in [1.807, 2.05) is 6.92 Å². The topological polar surface area (TPSA) is 12.9 Å². The van der Waals surface area contributed by atoms with Gasteiger partial charge in [0.25, 0.3) is 0 Å². The number of halogens is 1. The molecule has 0 aliphatic rings. The molecule has 1 heterocycles. The third-order valence-electron chi connectivity index (χ3n) is 1.23. The first kappa shape index (κ1) is 7.11. The van der Waals surface area contributed by atoms with Crippen LogP contribution in [0.15, 0.2) is 12.3 Å². The zero-order chi connectivity index (χ0) is 7.56. The van der Waals surface area contributed by atoms with Crippen LogP contribution in [-0.4, -0.2) is 4.98 Å². The van der Waals surface area contributed by atoms with E-state index in [-0.39, 0.29) is 0 Å². The number of hydrogen-bond donors (Lipinski definition) is 0. The third kappa shape index (κ3) is 1.12. The molecule has 1 rings (SSSR count). The molecule has 50 valence electrons. The van der Waals surface area contributed by atoms with Crippen LogP contribution in [0, 0.1) is 19.3 Å². The Kier molecular flexibility index (Phi) is 1.94. The maximum absolute atomic E-state index is 5.75. The summed E-state index contributed by atoms with van der Waals surface area (Å²) < 4.78 is 0. The molecular formula is C8H6ClN. The Labute approximate surface area is 65.0 Å². The van der Waals surface area contributed by atoms with E-state index in [0.29, 0.717) is 10.6 Å². The second-order valence-electron chi connectivity index (χ2n) is 1.90. The van der Waals surface area contributed by atoms with E-state index in [9.17, 15) is 0 Å². The molecular weight excluding hydrogens is 146 g/mol. The number of pyridine rings is 1. The van der Waals surface area contributed by atoms with Crippen LogP contribution in [-0.2, 0) is 0 Å². The molecule has 0 saturated carbocycles. The smallest absolute Gasteiger partial charge is 0.0641 e. The molecule has 0 spiro atoms. The summed E-state index contributed by atoms with van der Waals surface area (Å²) in [6.07, 6.45) is 6.81. The van der Waals surface area contributed by atoms with Crippen molar-refractivity contribution in [2.45, 2.75) is 6.92 Å². The molecule has 0 saturated heterocycles. The van der Waals surface area contributed by atoms with Crippen LogP contribution in [0.3, 0.4) is 0 Å².